The number of carboxylic acid groups (broad SMARTS) is 1. The molecule has 0 saturated carbocycles. The number of hydrogen-bond donors (Lipinski definition) is 11. The molecule has 0 radical (unpaired) electrons. The third kappa shape index (κ3) is 18.6. The summed E-state index contributed by atoms with van der Waals surface area (Å²) in [4.78, 5) is 140. The molecular formula is C48H68N10O14. The molecule has 0 spiro atoms. The number of alkyl carbamates (subject to hydrolysis) is 1. The van der Waals surface area contributed by atoms with Crippen LogP contribution in [0.5, 0.6) is 0 Å². The lowest BCUT2D eigenvalue weighted by Crippen LogP contribution is -2.60. The summed E-state index contributed by atoms with van der Waals surface area (Å²) < 4.78 is 10.8. The Morgan fingerprint density at radius 3 is 1.72 bits per heavy atom. The number of rotatable bonds is 28. The zero-order valence-corrected chi connectivity index (χ0v) is 41.5. The zero-order valence-electron chi connectivity index (χ0n) is 41.5. The molecule has 13 N–H and O–H groups in total. The highest BCUT2D eigenvalue weighted by molar-refractivity contribution is 5.97. The summed E-state index contributed by atoms with van der Waals surface area (Å²) in [6, 6.07) is 7.42. The minimum Gasteiger partial charge on any atom is -0.480 e. The van der Waals surface area contributed by atoms with Gasteiger partial charge in [0.25, 0.3) is 0 Å². The Hall–Kier alpha value is -7.63. The molecule has 0 unspecified atom stereocenters. The Morgan fingerprint density at radius 1 is 0.611 bits per heavy atom. The van der Waals surface area contributed by atoms with Gasteiger partial charge in [-0.15, -0.1) is 0 Å². The van der Waals surface area contributed by atoms with E-state index in [1.54, 1.807) is 41.5 Å². The first-order valence-electron chi connectivity index (χ1n) is 23.5. The first kappa shape index (κ1) is 58.7. The molecule has 24 heteroatoms. The van der Waals surface area contributed by atoms with Crippen molar-refractivity contribution in [2.45, 2.75) is 110 Å². The topological polar surface area (TPSA) is 375 Å². The molecule has 6 atom stereocenters. The SMILES string of the molecule is CC(C)C[C@H](NC(=O)[C@H](CC(=O)OCCC(=O)NC[C@H](N)C(=O)N[C@@H](C)C(=O)NCC(=O)NCC(N)=O)NC(=O)[C@@H](NC(=O)[C@@H](NC(=O)OCC1c2ccccc2-c2ccccc21)C(C)C)C(C)C)C(=O)O. The van der Waals surface area contributed by atoms with Crippen LogP contribution in [-0.4, -0.2) is 139 Å². The molecule has 0 bridgehead atoms. The number of aliphatic carboxylic acids is 1. The summed E-state index contributed by atoms with van der Waals surface area (Å²) >= 11 is 0. The van der Waals surface area contributed by atoms with E-state index in [4.69, 9.17) is 20.9 Å². The van der Waals surface area contributed by atoms with E-state index in [1.165, 1.54) is 6.92 Å². The van der Waals surface area contributed by atoms with E-state index in [0.717, 1.165) is 22.3 Å². The third-order valence-corrected chi connectivity index (χ3v) is 11.2. The van der Waals surface area contributed by atoms with Crippen molar-refractivity contribution in [3.05, 3.63) is 59.7 Å². The van der Waals surface area contributed by atoms with Gasteiger partial charge in [0.15, 0.2) is 0 Å². The number of carbonyl (C=O) groups is 11. The largest absolute Gasteiger partial charge is 0.480 e. The predicted molar refractivity (Wildman–Crippen MR) is 259 cm³/mol. The summed E-state index contributed by atoms with van der Waals surface area (Å²) in [7, 11) is 0. The van der Waals surface area contributed by atoms with Crippen LogP contribution in [0.25, 0.3) is 11.1 Å². The molecule has 0 saturated heterocycles. The van der Waals surface area contributed by atoms with E-state index in [0.29, 0.717) is 0 Å². The van der Waals surface area contributed by atoms with E-state index in [9.17, 15) is 57.8 Å². The lowest BCUT2D eigenvalue weighted by molar-refractivity contribution is -0.147. The number of ether oxygens (including phenoxy) is 2. The predicted octanol–water partition coefficient (Wildman–Crippen LogP) is -1.22. The van der Waals surface area contributed by atoms with Crippen LogP contribution in [0.4, 0.5) is 4.79 Å². The van der Waals surface area contributed by atoms with Crippen molar-refractivity contribution >= 4 is 65.3 Å². The molecule has 3 rings (SSSR count). The van der Waals surface area contributed by atoms with Crippen LogP contribution in [0.15, 0.2) is 48.5 Å². The molecule has 394 valence electrons. The highest BCUT2D eigenvalue weighted by Crippen LogP contribution is 2.44. The normalized spacial score (nSPS) is 14.2. The van der Waals surface area contributed by atoms with Crippen LogP contribution >= 0.6 is 0 Å². The Kier molecular flexibility index (Phi) is 23.0. The molecule has 72 heavy (non-hydrogen) atoms. The quantitative estimate of drug-likeness (QED) is 0.0445. The molecule has 2 aromatic carbocycles. The van der Waals surface area contributed by atoms with Gasteiger partial charge in [0.2, 0.25) is 47.3 Å². The number of carboxylic acids is 1. The van der Waals surface area contributed by atoms with Crippen molar-refractivity contribution in [2.75, 3.05) is 32.8 Å². The Balaban J connectivity index is 1.60. The second-order valence-corrected chi connectivity index (χ2v) is 18.3. The number of amides is 9. The fourth-order valence-corrected chi connectivity index (χ4v) is 7.36. The van der Waals surface area contributed by atoms with Crippen LogP contribution in [0.2, 0.25) is 0 Å². The van der Waals surface area contributed by atoms with Gasteiger partial charge in [0.05, 0.1) is 25.9 Å². The maximum absolute atomic E-state index is 13.9. The minimum atomic E-state index is -1.73. The van der Waals surface area contributed by atoms with Crippen molar-refractivity contribution < 1.29 is 67.3 Å². The molecule has 24 nitrogen and oxygen atoms in total. The molecule has 0 fully saturated rings. The summed E-state index contributed by atoms with van der Waals surface area (Å²) in [6.45, 7) is 9.42. The van der Waals surface area contributed by atoms with E-state index in [1.807, 2.05) is 48.5 Å². The summed E-state index contributed by atoms with van der Waals surface area (Å²) in [6.07, 6.45) is -2.15. The molecule has 1 aliphatic rings. The molecule has 0 aliphatic heterocycles. The number of nitrogens with one attached hydrogen (secondary N) is 8. The Bertz CT molecular complexity index is 2260. The van der Waals surface area contributed by atoms with Crippen molar-refractivity contribution in [3.8, 4) is 11.1 Å². The summed E-state index contributed by atoms with van der Waals surface area (Å²) in [5.74, 6) is -10.5. The summed E-state index contributed by atoms with van der Waals surface area (Å²) in [5.41, 5.74) is 14.8. The van der Waals surface area contributed by atoms with Gasteiger partial charge in [-0.3, -0.25) is 43.2 Å². The highest BCUT2D eigenvalue weighted by Gasteiger charge is 2.36. The second kappa shape index (κ2) is 28.3. The molecule has 9 amide bonds. The number of fused-ring (bicyclic) bond motifs is 3. The van der Waals surface area contributed by atoms with Crippen LogP contribution in [0, 0.1) is 17.8 Å². The van der Waals surface area contributed by atoms with E-state index < -0.39 is 152 Å². The van der Waals surface area contributed by atoms with E-state index in [2.05, 4.69) is 42.5 Å². The molecular weight excluding hydrogens is 941 g/mol. The van der Waals surface area contributed by atoms with Crippen molar-refractivity contribution in [2.24, 2.45) is 29.2 Å². The second-order valence-electron chi connectivity index (χ2n) is 18.3. The summed E-state index contributed by atoms with van der Waals surface area (Å²) in [5, 5.41) is 28.9. The van der Waals surface area contributed by atoms with Gasteiger partial charge in [-0.2, -0.15) is 0 Å². The van der Waals surface area contributed by atoms with Crippen molar-refractivity contribution in [1.82, 2.24) is 42.5 Å². The van der Waals surface area contributed by atoms with Gasteiger partial charge in [-0.1, -0.05) is 90.1 Å². The number of hydrogen-bond acceptors (Lipinski definition) is 14. The minimum absolute atomic E-state index is 0.000196. The van der Waals surface area contributed by atoms with Gasteiger partial charge in [0, 0.05) is 12.5 Å². The van der Waals surface area contributed by atoms with Crippen LogP contribution in [0.3, 0.4) is 0 Å². The fraction of sp³-hybridized carbons (Fsp3) is 0.521. The Labute approximate surface area is 416 Å². The molecule has 0 aromatic heterocycles. The van der Waals surface area contributed by atoms with Crippen molar-refractivity contribution in [1.29, 1.82) is 0 Å². The lowest BCUT2D eigenvalue weighted by atomic mass is 9.98. The standard InChI is InChI=1S/C48H68N10O14/c1-24(2)18-35(47(68)69)56-44(65)34(19-39(62)71-17-16-37(60)51-20-33(49)43(64)54-27(7)42(63)53-22-38(61)52-21-36(50)59)55-45(66)40(25(3)4)57-46(67)41(26(5)6)58-48(70)72-23-32-30-14-10-8-12-28(30)29-13-9-11-15-31(29)32/h8-15,24-27,32-35,40-41H,16-23,49H2,1-7H3,(H2,50,59)(H,51,60)(H,52,61)(H,53,63)(H,54,64)(H,55,66)(H,56,65)(H,57,67)(H,58,70)(H,68,69)/t27-,33-,34-,35-,40-,41-/m0/s1. The van der Waals surface area contributed by atoms with E-state index in [-0.39, 0.29) is 24.9 Å². The molecule has 2 aromatic rings. The van der Waals surface area contributed by atoms with Crippen LogP contribution in [-0.2, 0) is 57.4 Å². The maximum Gasteiger partial charge on any atom is 0.407 e. The number of benzene rings is 2. The Morgan fingerprint density at radius 2 is 1.17 bits per heavy atom. The van der Waals surface area contributed by atoms with Crippen LogP contribution < -0.4 is 54.0 Å². The van der Waals surface area contributed by atoms with Gasteiger partial charge >= 0.3 is 18.0 Å². The molecule has 0 heterocycles. The highest BCUT2D eigenvalue weighted by atomic mass is 16.5. The average Bonchev–Trinajstić information content (AvgIpc) is 3.64. The smallest absolute Gasteiger partial charge is 0.407 e. The van der Waals surface area contributed by atoms with Gasteiger partial charge in [0.1, 0.15) is 49.5 Å². The van der Waals surface area contributed by atoms with Crippen LogP contribution in [0.1, 0.15) is 84.8 Å². The maximum atomic E-state index is 13.9. The van der Waals surface area contributed by atoms with Crippen molar-refractivity contribution in [3.63, 3.8) is 0 Å². The van der Waals surface area contributed by atoms with Gasteiger partial charge in [-0.05, 0) is 53.4 Å². The number of nitrogens with two attached hydrogens (primary N) is 2. The number of carbonyl (C=O) groups excluding carboxylic acids is 10. The van der Waals surface area contributed by atoms with E-state index >= 15 is 0 Å². The zero-order chi connectivity index (χ0) is 53.8. The number of esters is 1. The van der Waals surface area contributed by atoms with Gasteiger partial charge in [-0.25, -0.2) is 9.59 Å². The van der Waals surface area contributed by atoms with Gasteiger partial charge < -0.3 is 68.6 Å². The third-order valence-electron chi connectivity index (χ3n) is 11.2. The monoisotopic (exact) mass is 1010 g/mol. The number of primary amides is 1. The fourth-order valence-electron chi connectivity index (χ4n) is 7.36. The first-order valence-corrected chi connectivity index (χ1v) is 23.5. The molecule has 1 aliphatic carbocycles. The average molecular weight is 1010 g/mol. The first-order chi connectivity index (χ1) is 33.9. The lowest BCUT2D eigenvalue weighted by Gasteiger charge is -2.28.